The molecule has 0 aliphatic rings. The number of rotatable bonds is 4. The van der Waals surface area contributed by atoms with Crippen molar-refractivity contribution in [2.45, 2.75) is 26.7 Å². The Balaban J connectivity index is 1.62. The van der Waals surface area contributed by atoms with Crippen LogP contribution in [0.25, 0.3) is 32.3 Å². The zero-order valence-electron chi connectivity index (χ0n) is 18.2. The van der Waals surface area contributed by atoms with Crippen LogP contribution in [0.3, 0.4) is 0 Å². The van der Waals surface area contributed by atoms with Gasteiger partial charge in [-0.25, -0.2) is 4.79 Å². The van der Waals surface area contributed by atoms with Crippen molar-refractivity contribution >= 4 is 38.5 Å². The van der Waals surface area contributed by atoms with Gasteiger partial charge >= 0.3 is 6.16 Å². The molecule has 0 N–H and O–H groups in total. The average molecular weight is 421 g/mol. The molecule has 0 radical (unpaired) electrons. The summed E-state index contributed by atoms with van der Waals surface area (Å²) in [6.45, 7) is 4.28. The maximum absolute atomic E-state index is 13.0. The molecular weight excluding hydrogens is 396 g/mol. The van der Waals surface area contributed by atoms with Crippen LogP contribution in [-0.2, 0) is 12.8 Å². The fourth-order valence-electron chi connectivity index (χ4n) is 4.39. The predicted octanol–water partition coefficient (Wildman–Crippen LogP) is 7.85. The Morgan fingerprint density at radius 2 is 1.41 bits per heavy atom. The molecule has 158 valence electrons. The van der Waals surface area contributed by atoms with Gasteiger partial charge in [0.1, 0.15) is 11.5 Å². The number of fused-ring (bicyclic) bond motifs is 3. The standard InChI is InChI=1S/C29H24O3/c1-3-19-16-20(4-2)27-23(17-19)18-22-11-6-8-14-25(22)28(27)32-29(30)31-26-15-9-12-21-10-5-7-13-24(21)26/h5-18H,3-4H2,1-2H3. The van der Waals surface area contributed by atoms with Gasteiger partial charge in [0.05, 0.1) is 0 Å². The van der Waals surface area contributed by atoms with Crippen LogP contribution in [0.5, 0.6) is 11.5 Å². The van der Waals surface area contributed by atoms with Crippen molar-refractivity contribution in [1.82, 2.24) is 0 Å². The summed E-state index contributed by atoms with van der Waals surface area (Å²) in [5.41, 5.74) is 2.44. The first-order chi connectivity index (χ1) is 15.7. The van der Waals surface area contributed by atoms with Crippen LogP contribution in [-0.4, -0.2) is 6.16 Å². The lowest BCUT2D eigenvalue weighted by Crippen LogP contribution is -2.14. The molecule has 0 amide bonds. The molecule has 5 aromatic rings. The largest absolute Gasteiger partial charge is 0.519 e. The van der Waals surface area contributed by atoms with Gasteiger partial charge in [0.2, 0.25) is 0 Å². The summed E-state index contributed by atoms with van der Waals surface area (Å²) < 4.78 is 11.6. The molecule has 0 bridgehead atoms. The maximum atomic E-state index is 13.0. The van der Waals surface area contributed by atoms with Gasteiger partial charge in [-0.05, 0) is 52.3 Å². The van der Waals surface area contributed by atoms with E-state index in [1.165, 1.54) is 5.56 Å². The molecule has 0 heterocycles. The highest BCUT2D eigenvalue weighted by atomic mass is 16.7. The highest BCUT2D eigenvalue weighted by Gasteiger charge is 2.18. The molecule has 0 aliphatic carbocycles. The molecule has 3 heteroatoms. The molecule has 0 unspecified atom stereocenters. The number of ether oxygens (including phenoxy) is 2. The van der Waals surface area contributed by atoms with E-state index in [4.69, 9.17) is 9.47 Å². The second-order valence-electron chi connectivity index (χ2n) is 7.92. The molecule has 0 saturated carbocycles. The lowest BCUT2D eigenvalue weighted by atomic mass is 9.94. The zero-order valence-corrected chi connectivity index (χ0v) is 18.2. The average Bonchev–Trinajstić information content (AvgIpc) is 2.83. The lowest BCUT2D eigenvalue weighted by molar-refractivity contribution is 0.153. The summed E-state index contributed by atoms with van der Waals surface area (Å²) in [6, 6.07) is 28.0. The molecule has 0 spiro atoms. The van der Waals surface area contributed by atoms with Crippen molar-refractivity contribution in [2.75, 3.05) is 0 Å². The van der Waals surface area contributed by atoms with Gasteiger partial charge in [0.25, 0.3) is 0 Å². The first kappa shape index (κ1) is 20.1. The fraction of sp³-hybridized carbons (Fsp3) is 0.138. The van der Waals surface area contributed by atoms with E-state index >= 15 is 0 Å². The minimum absolute atomic E-state index is 0.488. The first-order valence-electron chi connectivity index (χ1n) is 11.0. The Hall–Kier alpha value is -3.85. The third-order valence-electron chi connectivity index (χ3n) is 5.97. The van der Waals surface area contributed by atoms with E-state index in [0.717, 1.165) is 50.7 Å². The molecule has 3 nitrogen and oxygen atoms in total. The third kappa shape index (κ3) is 3.56. The minimum Gasteiger partial charge on any atom is -0.394 e. The summed E-state index contributed by atoms with van der Waals surface area (Å²) in [5.74, 6) is 1.05. The van der Waals surface area contributed by atoms with Crippen molar-refractivity contribution < 1.29 is 14.3 Å². The van der Waals surface area contributed by atoms with Crippen LogP contribution in [0.4, 0.5) is 4.79 Å². The monoisotopic (exact) mass is 420 g/mol. The third-order valence-corrected chi connectivity index (χ3v) is 5.97. The van der Waals surface area contributed by atoms with Gasteiger partial charge in [-0.3, -0.25) is 0 Å². The van der Waals surface area contributed by atoms with Gasteiger partial charge in [0.15, 0.2) is 0 Å². The summed E-state index contributed by atoms with van der Waals surface area (Å²) in [5, 5.41) is 5.86. The van der Waals surface area contributed by atoms with Crippen molar-refractivity contribution in [1.29, 1.82) is 0 Å². The van der Waals surface area contributed by atoms with E-state index in [1.54, 1.807) is 6.07 Å². The number of hydrogen-bond donors (Lipinski definition) is 0. The Labute approximate surface area is 187 Å². The molecular formula is C29H24O3. The van der Waals surface area contributed by atoms with Crippen LogP contribution in [0.15, 0.2) is 84.9 Å². The zero-order chi connectivity index (χ0) is 22.1. The van der Waals surface area contributed by atoms with Crippen molar-refractivity contribution in [3.8, 4) is 11.5 Å². The van der Waals surface area contributed by atoms with E-state index < -0.39 is 6.16 Å². The van der Waals surface area contributed by atoms with Crippen molar-refractivity contribution in [3.63, 3.8) is 0 Å². The smallest absolute Gasteiger partial charge is 0.394 e. The predicted molar refractivity (Wildman–Crippen MR) is 131 cm³/mol. The fourth-order valence-corrected chi connectivity index (χ4v) is 4.39. The van der Waals surface area contributed by atoms with Gasteiger partial charge in [0, 0.05) is 16.2 Å². The second-order valence-corrected chi connectivity index (χ2v) is 7.92. The van der Waals surface area contributed by atoms with Gasteiger partial charge < -0.3 is 9.47 Å². The normalized spacial score (nSPS) is 11.2. The highest BCUT2D eigenvalue weighted by molar-refractivity contribution is 6.08. The van der Waals surface area contributed by atoms with Gasteiger partial charge in [-0.1, -0.05) is 86.6 Å². The minimum atomic E-state index is -0.736. The van der Waals surface area contributed by atoms with Crippen LogP contribution in [0, 0.1) is 0 Å². The Bertz CT molecular complexity index is 1460. The number of benzene rings is 5. The summed E-state index contributed by atoms with van der Waals surface area (Å²) >= 11 is 0. The molecule has 0 saturated heterocycles. The van der Waals surface area contributed by atoms with Gasteiger partial charge in [-0.2, -0.15) is 0 Å². The lowest BCUT2D eigenvalue weighted by Gasteiger charge is -2.16. The summed E-state index contributed by atoms with van der Waals surface area (Å²) in [7, 11) is 0. The highest BCUT2D eigenvalue weighted by Crippen LogP contribution is 2.38. The Morgan fingerprint density at radius 3 is 2.19 bits per heavy atom. The molecule has 0 aromatic heterocycles. The van der Waals surface area contributed by atoms with Crippen molar-refractivity contribution in [3.05, 3.63) is 96.1 Å². The Kier molecular flexibility index (Phi) is 5.24. The van der Waals surface area contributed by atoms with E-state index in [1.807, 2.05) is 60.7 Å². The van der Waals surface area contributed by atoms with Crippen LogP contribution < -0.4 is 9.47 Å². The van der Waals surface area contributed by atoms with Gasteiger partial charge in [-0.15, -0.1) is 0 Å². The molecule has 5 rings (SSSR count). The van der Waals surface area contributed by atoms with E-state index in [9.17, 15) is 4.79 Å². The van der Waals surface area contributed by atoms with E-state index in [0.29, 0.717) is 11.5 Å². The van der Waals surface area contributed by atoms with Crippen molar-refractivity contribution in [2.24, 2.45) is 0 Å². The number of aryl methyl sites for hydroxylation is 2. The molecule has 0 atom stereocenters. The molecule has 5 aromatic carbocycles. The molecule has 0 aliphatic heterocycles. The summed E-state index contributed by atoms with van der Waals surface area (Å²) in [6.07, 6.45) is 1.06. The Morgan fingerprint density at radius 1 is 0.688 bits per heavy atom. The SMILES string of the molecule is CCc1cc(CC)c2c(OC(=O)Oc3cccc4ccccc34)c3ccccc3cc2c1. The molecule has 32 heavy (non-hydrogen) atoms. The number of carbonyl (C=O) groups excluding carboxylic acids is 1. The maximum Gasteiger partial charge on any atom is 0.519 e. The van der Waals surface area contributed by atoms with Crippen LogP contribution in [0.2, 0.25) is 0 Å². The summed E-state index contributed by atoms with van der Waals surface area (Å²) in [4.78, 5) is 13.0. The van der Waals surface area contributed by atoms with Crippen LogP contribution >= 0.6 is 0 Å². The first-order valence-corrected chi connectivity index (χ1v) is 11.0. The quantitative estimate of drug-likeness (QED) is 0.169. The van der Waals surface area contributed by atoms with E-state index in [-0.39, 0.29) is 0 Å². The number of hydrogen-bond acceptors (Lipinski definition) is 3. The topological polar surface area (TPSA) is 35.5 Å². The number of carbonyl (C=O) groups is 1. The van der Waals surface area contributed by atoms with E-state index in [2.05, 4.69) is 32.0 Å². The van der Waals surface area contributed by atoms with Crippen LogP contribution in [0.1, 0.15) is 25.0 Å². The molecule has 0 fully saturated rings. The second kappa shape index (κ2) is 8.35.